The Hall–Kier alpha value is -0.570. The number of unbranched alkanes of at least 4 members (excludes halogenated alkanes) is 10. The number of aliphatic hydroxyl groups is 1. The monoisotopic (exact) mass is 328 g/mol. The van der Waals surface area contributed by atoms with Gasteiger partial charge in [0.2, 0.25) is 0 Å². The molecular weight excluding hydrogens is 288 g/mol. The Kier molecular flexibility index (Phi) is 15.9. The standard InChI is InChI=1S/C20H40O3/c1-18(2)14-12-10-8-6-4-3-5-7-9-11-13-15-19(21)16-17-20(22)23/h18-19,21H,3-17H2,1-2H3,(H,22,23). The maximum atomic E-state index is 10.4. The summed E-state index contributed by atoms with van der Waals surface area (Å²) in [5, 5.41) is 18.2. The summed E-state index contributed by atoms with van der Waals surface area (Å²) in [6, 6.07) is 0. The number of carbonyl (C=O) groups is 1. The first kappa shape index (κ1) is 22.4. The van der Waals surface area contributed by atoms with Gasteiger partial charge in [-0.15, -0.1) is 0 Å². The van der Waals surface area contributed by atoms with Gasteiger partial charge in [0.25, 0.3) is 0 Å². The summed E-state index contributed by atoms with van der Waals surface area (Å²) in [4.78, 5) is 10.4. The van der Waals surface area contributed by atoms with E-state index in [1.165, 1.54) is 70.6 Å². The van der Waals surface area contributed by atoms with E-state index in [2.05, 4.69) is 13.8 Å². The molecule has 0 aromatic rings. The van der Waals surface area contributed by atoms with Crippen LogP contribution in [0.4, 0.5) is 0 Å². The molecule has 138 valence electrons. The molecule has 0 rings (SSSR count). The minimum Gasteiger partial charge on any atom is -0.481 e. The molecule has 0 aromatic carbocycles. The minimum atomic E-state index is -0.816. The van der Waals surface area contributed by atoms with Crippen molar-refractivity contribution < 1.29 is 15.0 Å². The number of hydrogen-bond donors (Lipinski definition) is 2. The van der Waals surface area contributed by atoms with E-state index in [0.717, 1.165) is 18.8 Å². The average Bonchev–Trinajstić information content (AvgIpc) is 2.49. The van der Waals surface area contributed by atoms with Crippen molar-refractivity contribution in [3.63, 3.8) is 0 Å². The molecule has 1 unspecified atom stereocenters. The van der Waals surface area contributed by atoms with Crippen molar-refractivity contribution in [3.05, 3.63) is 0 Å². The molecule has 0 fully saturated rings. The lowest BCUT2D eigenvalue weighted by Crippen LogP contribution is -2.09. The van der Waals surface area contributed by atoms with E-state index in [0.29, 0.717) is 6.42 Å². The normalized spacial score (nSPS) is 12.7. The zero-order valence-electron chi connectivity index (χ0n) is 15.6. The molecule has 1 atom stereocenters. The maximum absolute atomic E-state index is 10.4. The van der Waals surface area contributed by atoms with Crippen molar-refractivity contribution in [2.24, 2.45) is 5.92 Å². The van der Waals surface area contributed by atoms with Crippen LogP contribution in [0, 0.1) is 5.92 Å². The van der Waals surface area contributed by atoms with Gasteiger partial charge in [-0.25, -0.2) is 0 Å². The molecule has 2 N–H and O–H groups in total. The molecule has 0 aliphatic rings. The molecule has 0 saturated heterocycles. The molecule has 0 saturated carbocycles. The molecule has 0 aromatic heterocycles. The second kappa shape index (κ2) is 16.3. The smallest absolute Gasteiger partial charge is 0.303 e. The lowest BCUT2D eigenvalue weighted by molar-refractivity contribution is -0.137. The highest BCUT2D eigenvalue weighted by molar-refractivity contribution is 5.66. The fourth-order valence-corrected chi connectivity index (χ4v) is 2.96. The largest absolute Gasteiger partial charge is 0.481 e. The van der Waals surface area contributed by atoms with Crippen LogP contribution in [0.3, 0.4) is 0 Å². The highest BCUT2D eigenvalue weighted by Crippen LogP contribution is 2.15. The lowest BCUT2D eigenvalue weighted by atomic mass is 10.0. The Morgan fingerprint density at radius 2 is 1.09 bits per heavy atom. The molecule has 0 spiro atoms. The van der Waals surface area contributed by atoms with Crippen LogP contribution in [0.5, 0.6) is 0 Å². The van der Waals surface area contributed by atoms with Gasteiger partial charge >= 0.3 is 5.97 Å². The SMILES string of the molecule is CC(C)CCCCCCCCCCCCCC(O)CCC(=O)O. The summed E-state index contributed by atoms with van der Waals surface area (Å²) in [5.74, 6) is 0.0391. The average molecular weight is 329 g/mol. The zero-order valence-corrected chi connectivity index (χ0v) is 15.6. The highest BCUT2D eigenvalue weighted by atomic mass is 16.4. The third kappa shape index (κ3) is 19.4. The molecule has 23 heavy (non-hydrogen) atoms. The number of carboxylic acid groups (broad SMARTS) is 1. The maximum Gasteiger partial charge on any atom is 0.303 e. The third-order valence-corrected chi connectivity index (χ3v) is 4.51. The van der Waals surface area contributed by atoms with E-state index < -0.39 is 12.1 Å². The fraction of sp³-hybridized carbons (Fsp3) is 0.950. The van der Waals surface area contributed by atoms with Crippen LogP contribution in [0.1, 0.15) is 110 Å². The summed E-state index contributed by atoms with van der Waals surface area (Å²) in [7, 11) is 0. The molecule has 0 heterocycles. The summed E-state index contributed by atoms with van der Waals surface area (Å²) < 4.78 is 0. The van der Waals surface area contributed by atoms with Gasteiger partial charge in [0.05, 0.1) is 6.10 Å². The Bertz CT molecular complexity index is 264. The molecule has 0 aliphatic carbocycles. The molecule has 3 heteroatoms. The predicted molar refractivity (Wildman–Crippen MR) is 97.7 cm³/mol. The van der Waals surface area contributed by atoms with Gasteiger partial charge in [-0.1, -0.05) is 90.9 Å². The lowest BCUT2D eigenvalue weighted by Gasteiger charge is -2.08. The zero-order chi connectivity index (χ0) is 17.3. The van der Waals surface area contributed by atoms with Crippen molar-refractivity contribution in [1.82, 2.24) is 0 Å². The Labute approximate surface area is 143 Å². The number of aliphatic carboxylic acids is 1. The summed E-state index contributed by atoms with van der Waals surface area (Å²) >= 11 is 0. The first-order valence-electron chi connectivity index (χ1n) is 9.92. The van der Waals surface area contributed by atoms with Crippen molar-refractivity contribution >= 4 is 5.97 Å². The quantitative estimate of drug-likeness (QED) is 0.325. The fourth-order valence-electron chi connectivity index (χ4n) is 2.96. The van der Waals surface area contributed by atoms with Gasteiger partial charge in [-0.2, -0.15) is 0 Å². The topological polar surface area (TPSA) is 57.5 Å². The van der Waals surface area contributed by atoms with E-state index >= 15 is 0 Å². The molecule has 0 bridgehead atoms. The predicted octanol–water partition coefficient (Wildman–Crippen LogP) is 5.94. The van der Waals surface area contributed by atoms with Crippen LogP contribution < -0.4 is 0 Å². The van der Waals surface area contributed by atoms with Crippen molar-refractivity contribution in [1.29, 1.82) is 0 Å². The third-order valence-electron chi connectivity index (χ3n) is 4.51. The Morgan fingerprint density at radius 3 is 1.48 bits per heavy atom. The van der Waals surface area contributed by atoms with E-state index in [-0.39, 0.29) is 6.42 Å². The van der Waals surface area contributed by atoms with Crippen LogP contribution in [0.15, 0.2) is 0 Å². The summed E-state index contributed by atoms with van der Waals surface area (Å²) in [6.45, 7) is 4.60. The number of hydrogen-bond acceptors (Lipinski definition) is 2. The molecule has 0 radical (unpaired) electrons. The van der Waals surface area contributed by atoms with Gasteiger partial charge < -0.3 is 10.2 Å². The van der Waals surface area contributed by atoms with Crippen molar-refractivity contribution in [2.75, 3.05) is 0 Å². The highest BCUT2D eigenvalue weighted by Gasteiger charge is 2.06. The number of aliphatic hydroxyl groups excluding tert-OH is 1. The van der Waals surface area contributed by atoms with Crippen LogP contribution in [0.25, 0.3) is 0 Å². The second-order valence-corrected chi connectivity index (χ2v) is 7.45. The van der Waals surface area contributed by atoms with Gasteiger partial charge in [0.15, 0.2) is 0 Å². The van der Waals surface area contributed by atoms with E-state index in [9.17, 15) is 9.90 Å². The minimum absolute atomic E-state index is 0.0820. The molecule has 0 amide bonds. The summed E-state index contributed by atoms with van der Waals surface area (Å²) in [5.41, 5.74) is 0. The van der Waals surface area contributed by atoms with E-state index in [4.69, 9.17) is 5.11 Å². The van der Waals surface area contributed by atoms with Gasteiger partial charge in [-0.3, -0.25) is 4.79 Å². The summed E-state index contributed by atoms with van der Waals surface area (Å²) in [6.07, 6.45) is 16.6. The molecular formula is C20H40O3. The Morgan fingerprint density at radius 1 is 0.696 bits per heavy atom. The molecule has 3 nitrogen and oxygen atoms in total. The van der Waals surface area contributed by atoms with Crippen LogP contribution in [0.2, 0.25) is 0 Å². The first-order valence-corrected chi connectivity index (χ1v) is 9.92. The van der Waals surface area contributed by atoms with Crippen molar-refractivity contribution in [3.8, 4) is 0 Å². The van der Waals surface area contributed by atoms with Crippen LogP contribution in [-0.2, 0) is 4.79 Å². The van der Waals surface area contributed by atoms with Gasteiger partial charge in [0.1, 0.15) is 0 Å². The van der Waals surface area contributed by atoms with Gasteiger partial charge in [0, 0.05) is 6.42 Å². The van der Waals surface area contributed by atoms with E-state index in [1.54, 1.807) is 0 Å². The van der Waals surface area contributed by atoms with Crippen LogP contribution >= 0.6 is 0 Å². The van der Waals surface area contributed by atoms with E-state index in [1.807, 2.05) is 0 Å². The second-order valence-electron chi connectivity index (χ2n) is 7.45. The molecule has 0 aliphatic heterocycles. The number of rotatable bonds is 17. The van der Waals surface area contributed by atoms with Crippen LogP contribution in [-0.4, -0.2) is 22.3 Å². The first-order chi connectivity index (χ1) is 11.0. The number of carboxylic acids is 1. The van der Waals surface area contributed by atoms with Gasteiger partial charge in [-0.05, 0) is 18.8 Å². The Balaban J connectivity index is 3.12. The van der Waals surface area contributed by atoms with Crippen molar-refractivity contribution in [2.45, 2.75) is 116 Å².